The van der Waals surface area contributed by atoms with Crippen molar-refractivity contribution in [3.63, 3.8) is 0 Å². The number of rotatable bonds is 2. The monoisotopic (exact) mass is 411 g/mol. The zero-order valence-corrected chi connectivity index (χ0v) is 14.7. The molecule has 3 rings (SSSR count). The number of benzene rings is 2. The van der Waals surface area contributed by atoms with E-state index in [4.69, 9.17) is 15.2 Å². The van der Waals surface area contributed by atoms with Crippen molar-refractivity contribution in [1.82, 2.24) is 0 Å². The molecule has 5 heteroatoms. The molecule has 0 bridgehead atoms. The Bertz CT molecular complexity index is 688. The predicted octanol–water partition coefficient (Wildman–Crippen LogP) is 4.34. The standard InChI is InChI=1S/C16H15Br2NO2/c1-9-6-10(2-3-12(9)17)16(19)11-7-14-15(8-13(11)18)21-5-4-20-14/h2-3,6-8,16H,4-5,19H2,1H3. The molecular weight excluding hydrogens is 398 g/mol. The molecule has 1 unspecified atom stereocenters. The number of nitrogens with two attached hydrogens (primary N) is 1. The van der Waals surface area contributed by atoms with Crippen LogP contribution in [0.2, 0.25) is 0 Å². The third kappa shape index (κ3) is 2.96. The van der Waals surface area contributed by atoms with E-state index in [1.807, 2.05) is 24.3 Å². The van der Waals surface area contributed by atoms with Gasteiger partial charge in [0.2, 0.25) is 0 Å². The molecule has 3 nitrogen and oxygen atoms in total. The van der Waals surface area contributed by atoms with Gasteiger partial charge in [-0.15, -0.1) is 0 Å². The summed E-state index contributed by atoms with van der Waals surface area (Å²) in [5, 5.41) is 0. The average molecular weight is 413 g/mol. The van der Waals surface area contributed by atoms with Crippen molar-refractivity contribution in [2.75, 3.05) is 13.2 Å². The summed E-state index contributed by atoms with van der Waals surface area (Å²) in [5.41, 5.74) is 9.64. The van der Waals surface area contributed by atoms with Gasteiger partial charge >= 0.3 is 0 Å². The van der Waals surface area contributed by atoms with Crippen molar-refractivity contribution in [2.24, 2.45) is 5.73 Å². The van der Waals surface area contributed by atoms with Crippen molar-refractivity contribution in [1.29, 1.82) is 0 Å². The van der Waals surface area contributed by atoms with Crippen LogP contribution in [0.3, 0.4) is 0 Å². The Morgan fingerprint density at radius 2 is 1.67 bits per heavy atom. The van der Waals surface area contributed by atoms with Gasteiger partial charge in [0.1, 0.15) is 13.2 Å². The van der Waals surface area contributed by atoms with Crippen molar-refractivity contribution in [3.05, 3.63) is 56.0 Å². The summed E-state index contributed by atoms with van der Waals surface area (Å²) >= 11 is 7.09. The van der Waals surface area contributed by atoms with Crippen LogP contribution in [0.1, 0.15) is 22.7 Å². The first-order valence-corrected chi connectivity index (χ1v) is 8.25. The molecule has 21 heavy (non-hydrogen) atoms. The lowest BCUT2D eigenvalue weighted by Gasteiger charge is -2.22. The third-order valence-electron chi connectivity index (χ3n) is 3.54. The molecule has 2 aromatic rings. The quantitative estimate of drug-likeness (QED) is 0.797. The van der Waals surface area contributed by atoms with Crippen molar-refractivity contribution in [3.8, 4) is 11.5 Å². The number of aryl methyl sites for hydroxylation is 1. The van der Waals surface area contributed by atoms with Gasteiger partial charge in [0, 0.05) is 8.95 Å². The van der Waals surface area contributed by atoms with E-state index in [2.05, 4.69) is 44.8 Å². The van der Waals surface area contributed by atoms with E-state index in [9.17, 15) is 0 Å². The first kappa shape index (κ1) is 14.9. The first-order chi connectivity index (χ1) is 10.1. The summed E-state index contributed by atoms with van der Waals surface area (Å²) < 4.78 is 13.2. The van der Waals surface area contributed by atoms with E-state index >= 15 is 0 Å². The molecule has 1 aliphatic rings. The molecule has 0 amide bonds. The number of halogens is 2. The molecular formula is C16H15Br2NO2. The normalized spacial score (nSPS) is 14.9. The van der Waals surface area contributed by atoms with E-state index in [0.29, 0.717) is 13.2 Å². The highest BCUT2D eigenvalue weighted by molar-refractivity contribution is 9.10. The van der Waals surface area contributed by atoms with Gasteiger partial charge < -0.3 is 15.2 Å². The second-order valence-corrected chi connectivity index (χ2v) is 6.71. The summed E-state index contributed by atoms with van der Waals surface area (Å²) in [5.74, 6) is 1.51. The van der Waals surface area contributed by atoms with Gasteiger partial charge in [-0.2, -0.15) is 0 Å². The van der Waals surface area contributed by atoms with Gasteiger partial charge in [0.25, 0.3) is 0 Å². The number of ether oxygens (including phenoxy) is 2. The Kier molecular flexibility index (Phi) is 4.24. The summed E-state index contributed by atoms with van der Waals surface area (Å²) in [6.07, 6.45) is 0. The Morgan fingerprint density at radius 3 is 2.33 bits per heavy atom. The summed E-state index contributed by atoms with van der Waals surface area (Å²) in [4.78, 5) is 0. The van der Waals surface area contributed by atoms with E-state index in [-0.39, 0.29) is 6.04 Å². The van der Waals surface area contributed by atoms with Crippen molar-refractivity contribution in [2.45, 2.75) is 13.0 Å². The maximum Gasteiger partial charge on any atom is 0.162 e. The van der Waals surface area contributed by atoms with Gasteiger partial charge in [-0.1, -0.05) is 44.0 Å². The molecule has 2 N–H and O–H groups in total. The Labute approximate surface area is 140 Å². The first-order valence-electron chi connectivity index (χ1n) is 6.67. The molecule has 0 saturated carbocycles. The molecule has 0 aliphatic carbocycles. The highest BCUT2D eigenvalue weighted by Crippen LogP contribution is 2.39. The lowest BCUT2D eigenvalue weighted by atomic mass is 9.98. The van der Waals surface area contributed by atoms with E-state index in [0.717, 1.165) is 37.1 Å². The number of hydrogen-bond acceptors (Lipinski definition) is 3. The van der Waals surface area contributed by atoms with Crippen LogP contribution >= 0.6 is 31.9 Å². The molecule has 2 aromatic carbocycles. The lowest BCUT2D eigenvalue weighted by Crippen LogP contribution is -2.17. The molecule has 110 valence electrons. The van der Waals surface area contributed by atoms with E-state index in [1.54, 1.807) is 0 Å². The minimum absolute atomic E-state index is 0.220. The summed E-state index contributed by atoms with van der Waals surface area (Å²) in [7, 11) is 0. The topological polar surface area (TPSA) is 44.5 Å². The fourth-order valence-electron chi connectivity index (χ4n) is 2.36. The largest absolute Gasteiger partial charge is 0.486 e. The van der Waals surface area contributed by atoms with Gasteiger partial charge in [0.15, 0.2) is 11.5 Å². The van der Waals surface area contributed by atoms with E-state index in [1.165, 1.54) is 0 Å². The minimum Gasteiger partial charge on any atom is -0.486 e. The van der Waals surface area contributed by atoms with Crippen LogP contribution in [0.4, 0.5) is 0 Å². The highest BCUT2D eigenvalue weighted by Gasteiger charge is 2.19. The average Bonchev–Trinajstić information content (AvgIpc) is 2.48. The van der Waals surface area contributed by atoms with Crippen LogP contribution in [0, 0.1) is 6.92 Å². The van der Waals surface area contributed by atoms with Gasteiger partial charge in [-0.3, -0.25) is 0 Å². The maximum atomic E-state index is 6.43. The fraction of sp³-hybridized carbons (Fsp3) is 0.250. The minimum atomic E-state index is -0.220. The van der Waals surface area contributed by atoms with Crippen molar-refractivity contribution < 1.29 is 9.47 Å². The van der Waals surface area contributed by atoms with Crippen LogP contribution in [0.15, 0.2) is 39.3 Å². The zero-order chi connectivity index (χ0) is 15.0. The molecule has 1 atom stereocenters. The van der Waals surface area contributed by atoms with Crippen LogP contribution in [0.25, 0.3) is 0 Å². The van der Waals surface area contributed by atoms with Crippen LogP contribution in [0.5, 0.6) is 11.5 Å². The van der Waals surface area contributed by atoms with Crippen molar-refractivity contribution >= 4 is 31.9 Å². The second-order valence-electron chi connectivity index (χ2n) is 5.00. The van der Waals surface area contributed by atoms with Crippen LogP contribution in [-0.2, 0) is 0 Å². The van der Waals surface area contributed by atoms with Gasteiger partial charge in [-0.05, 0) is 41.8 Å². The van der Waals surface area contributed by atoms with E-state index < -0.39 is 0 Å². The summed E-state index contributed by atoms with van der Waals surface area (Å²) in [6, 6.07) is 9.82. The Morgan fingerprint density at radius 1 is 1.00 bits per heavy atom. The number of hydrogen-bond donors (Lipinski definition) is 1. The number of fused-ring (bicyclic) bond motifs is 1. The Balaban J connectivity index is 2.00. The molecule has 0 spiro atoms. The highest BCUT2D eigenvalue weighted by atomic mass is 79.9. The smallest absolute Gasteiger partial charge is 0.162 e. The summed E-state index contributed by atoms with van der Waals surface area (Å²) in [6.45, 7) is 3.20. The van der Waals surface area contributed by atoms with Gasteiger partial charge in [-0.25, -0.2) is 0 Å². The molecule has 0 aromatic heterocycles. The van der Waals surface area contributed by atoms with Crippen LogP contribution < -0.4 is 15.2 Å². The molecule has 0 fully saturated rings. The Hall–Kier alpha value is -1.04. The third-order valence-corrected chi connectivity index (χ3v) is 5.11. The predicted molar refractivity (Wildman–Crippen MR) is 90.0 cm³/mol. The second kappa shape index (κ2) is 5.99. The zero-order valence-electron chi connectivity index (χ0n) is 11.5. The SMILES string of the molecule is Cc1cc(C(N)c2cc3c(cc2Br)OCCO3)ccc1Br. The molecule has 1 aliphatic heterocycles. The molecule has 1 heterocycles. The van der Waals surface area contributed by atoms with Gasteiger partial charge in [0.05, 0.1) is 6.04 Å². The van der Waals surface area contributed by atoms with Crippen LogP contribution in [-0.4, -0.2) is 13.2 Å². The molecule has 0 saturated heterocycles. The maximum absolute atomic E-state index is 6.43. The molecule has 0 radical (unpaired) electrons. The lowest BCUT2D eigenvalue weighted by molar-refractivity contribution is 0.171. The fourth-order valence-corrected chi connectivity index (χ4v) is 3.17.